The van der Waals surface area contributed by atoms with Gasteiger partial charge in [0.05, 0.1) is 16.8 Å². The zero-order chi connectivity index (χ0) is 18.4. The largest absolute Gasteiger partial charge is 0.502 e. The molecule has 0 radical (unpaired) electrons. The molecule has 0 unspecified atom stereocenters. The van der Waals surface area contributed by atoms with Crippen LogP contribution in [0.1, 0.15) is 101 Å². The van der Waals surface area contributed by atoms with E-state index in [1.54, 1.807) is 0 Å². The van der Waals surface area contributed by atoms with Gasteiger partial charge in [0.25, 0.3) is 0 Å². The van der Waals surface area contributed by atoms with Gasteiger partial charge in [-0.3, -0.25) is 0 Å². The highest BCUT2D eigenvalue weighted by atomic mass is 28.4. The zero-order valence-electron chi connectivity index (χ0n) is 17.5. The van der Waals surface area contributed by atoms with Crippen LogP contribution in [0.25, 0.3) is 0 Å². The molecule has 0 aliphatic rings. The minimum Gasteiger partial charge on any atom is -0.368 e. The van der Waals surface area contributed by atoms with Crippen molar-refractivity contribution in [3.63, 3.8) is 0 Å². The summed E-state index contributed by atoms with van der Waals surface area (Å²) in [6, 6.07) is 0.891. The van der Waals surface area contributed by atoms with Gasteiger partial charge >= 0.3 is 8.80 Å². The Morgan fingerprint density at radius 3 is 1.22 bits per heavy atom. The quantitative estimate of drug-likeness (QED) is 0.360. The van der Waals surface area contributed by atoms with Crippen LogP contribution >= 0.6 is 0 Å². The molecule has 4 heteroatoms. The first-order valence-electron chi connectivity index (χ1n) is 9.29. The van der Waals surface area contributed by atoms with Gasteiger partial charge in [-0.2, -0.15) is 0 Å². The van der Waals surface area contributed by atoms with E-state index in [-0.39, 0.29) is 16.8 Å². The Hall–Kier alpha value is 0.0969. The molecule has 0 bridgehead atoms. The van der Waals surface area contributed by atoms with Crippen molar-refractivity contribution >= 4 is 8.80 Å². The molecule has 0 saturated heterocycles. The summed E-state index contributed by atoms with van der Waals surface area (Å²) in [5.74, 6) is 0. The highest BCUT2D eigenvalue weighted by molar-refractivity contribution is 6.61. The van der Waals surface area contributed by atoms with Gasteiger partial charge in [-0.05, 0) is 68.7 Å². The molecule has 0 N–H and O–H groups in total. The molecule has 23 heavy (non-hydrogen) atoms. The number of hydrogen-bond donors (Lipinski definition) is 0. The molecular formula is C19H42O3Si. The SMILES string of the molecule is CCCCCCC[Si](OC(C)(C)C)(OC(C)(C)C)OC(C)(C)C. The van der Waals surface area contributed by atoms with Crippen molar-refractivity contribution in [2.45, 2.75) is 124 Å². The fourth-order valence-corrected chi connectivity index (χ4v) is 6.47. The molecule has 0 aromatic carbocycles. The third kappa shape index (κ3) is 13.1. The molecule has 0 fully saturated rings. The topological polar surface area (TPSA) is 27.7 Å². The van der Waals surface area contributed by atoms with Gasteiger partial charge in [-0.25, -0.2) is 0 Å². The van der Waals surface area contributed by atoms with Crippen molar-refractivity contribution < 1.29 is 13.3 Å². The van der Waals surface area contributed by atoms with Crippen molar-refractivity contribution in [3.05, 3.63) is 0 Å². The highest BCUT2D eigenvalue weighted by Crippen LogP contribution is 2.33. The molecule has 0 aromatic rings. The summed E-state index contributed by atoms with van der Waals surface area (Å²) < 4.78 is 19.4. The summed E-state index contributed by atoms with van der Waals surface area (Å²) in [6.45, 7) is 21.0. The maximum absolute atomic E-state index is 6.48. The van der Waals surface area contributed by atoms with E-state index in [1.807, 2.05) is 0 Å². The number of hydrogen-bond acceptors (Lipinski definition) is 3. The van der Waals surface area contributed by atoms with Crippen LogP contribution in [0.2, 0.25) is 6.04 Å². The number of rotatable bonds is 9. The summed E-state index contributed by atoms with van der Waals surface area (Å²) in [7, 11) is -2.76. The molecule has 3 nitrogen and oxygen atoms in total. The summed E-state index contributed by atoms with van der Waals surface area (Å²) >= 11 is 0. The standard InChI is InChI=1S/C19H42O3Si/c1-11-12-13-14-15-16-23(20-17(2,3)4,21-18(5,6)7)22-19(8,9)10/h11-16H2,1-10H3. The Bertz CT molecular complexity index is 280. The Morgan fingerprint density at radius 1 is 0.565 bits per heavy atom. The Labute approximate surface area is 146 Å². The van der Waals surface area contributed by atoms with E-state index in [0.29, 0.717) is 0 Å². The predicted octanol–water partition coefficient (Wildman–Crippen LogP) is 6.34. The molecule has 0 spiro atoms. The van der Waals surface area contributed by atoms with Gasteiger partial charge in [-0.15, -0.1) is 0 Å². The second kappa shape index (κ2) is 8.98. The lowest BCUT2D eigenvalue weighted by molar-refractivity contribution is -0.0755. The van der Waals surface area contributed by atoms with E-state index in [9.17, 15) is 0 Å². The molecule has 0 aromatic heterocycles. The average Bonchev–Trinajstić information content (AvgIpc) is 2.20. The molecule has 0 amide bonds. The first-order valence-corrected chi connectivity index (χ1v) is 11.2. The Morgan fingerprint density at radius 2 is 0.913 bits per heavy atom. The fraction of sp³-hybridized carbons (Fsp3) is 1.00. The summed E-state index contributed by atoms with van der Waals surface area (Å²) in [4.78, 5) is 0. The smallest absolute Gasteiger partial charge is 0.368 e. The van der Waals surface area contributed by atoms with Gasteiger partial charge in [-0.1, -0.05) is 32.6 Å². The minimum atomic E-state index is -2.76. The van der Waals surface area contributed by atoms with Crippen LogP contribution in [0, 0.1) is 0 Å². The zero-order valence-corrected chi connectivity index (χ0v) is 18.5. The lowest BCUT2D eigenvalue weighted by atomic mass is 10.2. The van der Waals surface area contributed by atoms with E-state index in [4.69, 9.17) is 13.3 Å². The van der Waals surface area contributed by atoms with E-state index in [1.165, 1.54) is 25.7 Å². The van der Waals surface area contributed by atoms with E-state index < -0.39 is 8.80 Å². The molecule has 140 valence electrons. The first-order chi connectivity index (χ1) is 10.2. The number of unbranched alkanes of at least 4 members (excludes halogenated alkanes) is 4. The normalized spacial score (nSPS) is 14.3. The maximum Gasteiger partial charge on any atom is 0.502 e. The molecule has 0 saturated carbocycles. The fourth-order valence-electron chi connectivity index (χ4n) is 2.56. The van der Waals surface area contributed by atoms with Crippen molar-refractivity contribution in [2.24, 2.45) is 0 Å². The molecule has 0 rings (SSSR count). The first kappa shape index (κ1) is 23.1. The highest BCUT2D eigenvalue weighted by Gasteiger charge is 2.49. The monoisotopic (exact) mass is 346 g/mol. The van der Waals surface area contributed by atoms with Crippen LogP contribution in [0.3, 0.4) is 0 Å². The summed E-state index contributed by atoms with van der Waals surface area (Å²) in [5, 5.41) is 0. The van der Waals surface area contributed by atoms with Gasteiger partial charge in [0.15, 0.2) is 0 Å². The summed E-state index contributed by atoms with van der Waals surface area (Å²) in [6.07, 6.45) is 6.17. The summed E-state index contributed by atoms with van der Waals surface area (Å²) in [5.41, 5.74) is -0.815. The van der Waals surface area contributed by atoms with Crippen molar-refractivity contribution in [2.75, 3.05) is 0 Å². The molecule has 0 aliphatic carbocycles. The lowest BCUT2D eigenvalue weighted by Gasteiger charge is -2.43. The molecular weight excluding hydrogens is 304 g/mol. The van der Waals surface area contributed by atoms with Gasteiger partial charge in [0, 0.05) is 6.04 Å². The van der Waals surface area contributed by atoms with Crippen LogP contribution in [0.4, 0.5) is 0 Å². The average molecular weight is 347 g/mol. The minimum absolute atomic E-state index is 0.272. The van der Waals surface area contributed by atoms with Gasteiger partial charge in [0.2, 0.25) is 0 Å². The van der Waals surface area contributed by atoms with E-state index in [0.717, 1.165) is 12.5 Å². The third-order valence-corrected chi connectivity index (χ3v) is 6.71. The van der Waals surface area contributed by atoms with Crippen molar-refractivity contribution in [3.8, 4) is 0 Å². The maximum atomic E-state index is 6.48. The van der Waals surface area contributed by atoms with Crippen LogP contribution in [-0.2, 0) is 13.3 Å². The Balaban J connectivity index is 5.21. The van der Waals surface area contributed by atoms with Crippen molar-refractivity contribution in [1.82, 2.24) is 0 Å². The Kier molecular flexibility index (Phi) is 9.02. The van der Waals surface area contributed by atoms with Crippen molar-refractivity contribution in [1.29, 1.82) is 0 Å². The lowest BCUT2D eigenvalue weighted by Crippen LogP contribution is -2.57. The molecule has 0 aliphatic heterocycles. The molecule has 0 heterocycles. The second-order valence-electron chi connectivity index (χ2n) is 9.49. The molecule has 0 atom stereocenters. The van der Waals surface area contributed by atoms with Crippen LogP contribution < -0.4 is 0 Å². The van der Waals surface area contributed by atoms with Gasteiger partial charge in [0.1, 0.15) is 0 Å². The second-order valence-corrected chi connectivity index (χ2v) is 12.0. The van der Waals surface area contributed by atoms with Crippen LogP contribution in [0.15, 0.2) is 0 Å². The van der Waals surface area contributed by atoms with Crippen LogP contribution in [-0.4, -0.2) is 25.6 Å². The predicted molar refractivity (Wildman–Crippen MR) is 102 cm³/mol. The van der Waals surface area contributed by atoms with Gasteiger partial charge < -0.3 is 13.3 Å². The third-order valence-electron chi connectivity index (χ3n) is 2.97. The van der Waals surface area contributed by atoms with Crippen LogP contribution in [0.5, 0.6) is 0 Å². The van der Waals surface area contributed by atoms with E-state index >= 15 is 0 Å². The van der Waals surface area contributed by atoms with E-state index in [2.05, 4.69) is 69.2 Å².